The van der Waals surface area contributed by atoms with Crippen LogP contribution in [0.2, 0.25) is 0 Å². The van der Waals surface area contributed by atoms with Crippen LogP contribution in [-0.2, 0) is 19.3 Å². The highest BCUT2D eigenvalue weighted by molar-refractivity contribution is 6.02. The number of fused-ring (bicyclic) bond motifs is 2. The second kappa shape index (κ2) is 14.2. The van der Waals surface area contributed by atoms with E-state index in [4.69, 9.17) is 9.73 Å². The molecule has 8 heteroatoms. The van der Waals surface area contributed by atoms with E-state index in [0.717, 1.165) is 67.5 Å². The van der Waals surface area contributed by atoms with Gasteiger partial charge in [-0.2, -0.15) is 0 Å². The number of aliphatic imine (C=N–C) groups is 1. The van der Waals surface area contributed by atoms with Crippen LogP contribution in [0, 0.1) is 10.8 Å². The number of carbonyl (C=O) groups is 2. The van der Waals surface area contributed by atoms with Crippen LogP contribution in [0.1, 0.15) is 98.2 Å². The number of aliphatic hydroxyl groups is 1. The predicted molar refractivity (Wildman–Crippen MR) is 200 cm³/mol. The number of aliphatic hydroxyl groups excluding tert-OH is 1. The summed E-state index contributed by atoms with van der Waals surface area (Å²) < 4.78 is 6.60. The van der Waals surface area contributed by atoms with Crippen LogP contribution in [0.4, 0.5) is 11.4 Å². The predicted octanol–water partition coefficient (Wildman–Crippen LogP) is 7.19. The molecule has 3 atom stereocenters. The molecule has 0 spiro atoms. The van der Waals surface area contributed by atoms with Crippen LogP contribution in [0.3, 0.4) is 0 Å². The number of amides is 1. The number of aldehydes is 1. The van der Waals surface area contributed by atoms with E-state index in [1.54, 1.807) is 9.80 Å². The number of hydrogen-bond acceptors (Lipinski definition) is 7. The Bertz CT molecular complexity index is 1660. The Balaban J connectivity index is 1.33. The van der Waals surface area contributed by atoms with Crippen LogP contribution in [0.5, 0.6) is 5.75 Å². The Morgan fingerprint density at radius 1 is 0.959 bits per heavy atom. The molecule has 8 nitrogen and oxygen atoms in total. The maximum absolute atomic E-state index is 13.7. The molecule has 1 amide bonds. The van der Waals surface area contributed by atoms with E-state index in [-0.39, 0.29) is 28.8 Å². The number of carbonyl (C=O) groups excluding carboxylic acids is 2. The van der Waals surface area contributed by atoms with Crippen LogP contribution in [0.15, 0.2) is 53.6 Å². The van der Waals surface area contributed by atoms with Gasteiger partial charge in [0.05, 0.1) is 29.6 Å². The molecule has 0 radical (unpaired) electrons. The third kappa shape index (κ3) is 7.86. The van der Waals surface area contributed by atoms with Crippen molar-refractivity contribution in [3.05, 3.63) is 76.4 Å². The number of ether oxygens (including phenoxy) is 1. The topological polar surface area (TPSA) is 85.7 Å². The lowest BCUT2D eigenvalue weighted by Gasteiger charge is -2.36. The SMILES string of the molecule is C=C1CC(/C=N\c2cc(CC(C)(C)CC(C)(C)COc3cc4c(cc3CC)C(=O)N3CC(=C)CC3C(O)N4C)c(CC)cc2C=O)N(C)C1. The molecule has 2 aromatic rings. The molecular formula is C41H56N4O4. The number of nitrogens with zero attached hydrogens (tertiary/aromatic N) is 4. The van der Waals surface area contributed by atoms with Crippen molar-refractivity contribution < 1.29 is 19.4 Å². The van der Waals surface area contributed by atoms with E-state index in [9.17, 15) is 14.7 Å². The Hall–Kier alpha value is -3.75. The summed E-state index contributed by atoms with van der Waals surface area (Å²) in [5, 5.41) is 11.2. The summed E-state index contributed by atoms with van der Waals surface area (Å²) in [6, 6.07) is 7.90. The van der Waals surface area contributed by atoms with Crippen molar-refractivity contribution in [3.63, 3.8) is 0 Å². The highest BCUT2D eigenvalue weighted by atomic mass is 16.5. The van der Waals surface area contributed by atoms with E-state index in [2.05, 4.69) is 72.7 Å². The summed E-state index contributed by atoms with van der Waals surface area (Å²) >= 11 is 0. The molecule has 2 fully saturated rings. The van der Waals surface area contributed by atoms with E-state index >= 15 is 0 Å². The minimum absolute atomic E-state index is 0.0661. The average Bonchev–Trinajstić information content (AvgIpc) is 3.58. The third-order valence-corrected chi connectivity index (χ3v) is 10.5. The van der Waals surface area contributed by atoms with Gasteiger partial charge < -0.3 is 19.6 Å². The first-order valence-corrected chi connectivity index (χ1v) is 17.8. The third-order valence-electron chi connectivity index (χ3n) is 10.5. The van der Waals surface area contributed by atoms with Gasteiger partial charge in [-0.1, -0.05) is 65.8 Å². The zero-order valence-electron chi connectivity index (χ0n) is 30.9. The molecule has 0 saturated carbocycles. The van der Waals surface area contributed by atoms with Gasteiger partial charge in [-0.25, -0.2) is 0 Å². The molecule has 1 N–H and O–H groups in total. The second-order valence-electron chi connectivity index (χ2n) is 16.1. The molecule has 3 aliphatic rings. The summed E-state index contributed by atoms with van der Waals surface area (Å²) in [5.74, 6) is 0.686. The van der Waals surface area contributed by atoms with Crippen molar-refractivity contribution in [3.8, 4) is 5.75 Å². The van der Waals surface area contributed by atoms with Crippen LogP contribution in [-0.4, -0.2) is 85.4 Å². The van der Waals surface area contributed by atoms with Crippen molar-refractivity contribution in [1.82, 2.24) is 9.80 Å². The van der Waals surface area contributed by atoms with Gasteiger partial charge in [-0.05, 0) is 91.3 Å². The number of benzene rings is 2. The van der Waals surface area contributed by atoms with E-state index in [1.165, 1.54) is 16.7 Å². The zero-order chi connectivity index (χ0) is 35.8. The van der Waals surface area contributed by atoms with Crippen molar-refractivity contribution >= 4 is 29.8 Å². The summed E-state index contributed by atoms with van der Waals surface area (Å²) in [5.41, 5.74) is 7.94. The quantitative estimate of drug-likeness (QED) is 0.146. The molecule has 0 bridgehead atoms. The largest absolute Gasteiger partial charge is 0.493 e. The number of likely N-dealkylation sites (tertiary alicyclic amines) is 1. The first-order chi connectivity index (χ1) is 23.1. The number of aryl methyl sites for hydroxylation is 2. The Labute approximate surface area is 293 Å². The number of likely N-dealkylation sites (N-methyl/N-ethyl adjacent to an activating group) is 2. The molecule has 2 aromatic carbocycles. The first-order valence-electron chi connectivity index (χ1n) is 17.8. The first kappa shape index (κ1) is 36.5. The standard InChI is InChI=1S/C41H56N4O4/c1-11-28-15-31(23-46)34(42-20-32-13-26(3)21-43(32)9)17-30(28)19-40(5,6)24-41(7,8)25-49-37-18-35-33(16-29(37)12-2)38(47)45-22-27(4)14-36(45)39(48)44(35)10/h15-18,20,23,32,36,39,48H,3-4,11-14,19,21-22,24-25H2,1-2,5-10H3/b42-20-. The van der Waals surface area contributed by atoms with E-state index in [1.807, 2.05) is 31.5 Å². The van der Waals surface area contributed by atoms with Gasteiger partial charge in [0.25, 0.3) is 5.91 Å². The normalized spacial score (nSPS) is 21.8. The fourth-order valence-corrected chi connectivity index (χ4v) is 8.27. The highest BCUT2D eigenvalue weighted by Crippen LogP contribution is 2.41. The van der Waals surface area contributed by atoms with Gasteiger partial charge in [0, 0.05) is 44.0 Å². The summed E-state index contributed by atoms with van der Waals surface area (Å²) in [6.07, 6.45) is 6.84. The zero-order valence-corrected chi connectivity index (χ0v) is 30.9. The Morgan fingerprint density at radius 3 is 2.29 bits per heavy atom. The molecular weight excluding hydrogens is 612 g/mol. The molecule has 49 heavy (non-hydrogen) atoms. The van der Waals surface area contributed by atoms with E-state index in [0.29, 0.717) is 36.4 Å². The average molecular weight is 669 g/mol. The molecule has 264 valence electrons. The van der Waals surface area contributed by atoms with Gasteiger partial charge in [0.15, 0.2) is 6.29 Å². The molecule has 3 heterocycles. The fourth-order valence-electron chi connectivity index (χ4n) is 8.27. The molecule has 5 rings (SSSR count). The Morgan fingerprint density at radius 2 is 1.65 bits per heavy atom. The lowest BCUT2D eigenvalue weighted by atomic mass is 9.72. The Kier molecular flexibility index (Phi) is 10.6. The summed E-state index contributed by atoms with van der Waals surface area (Å²) in [7, 11) is 3.92. The summed E-state index contributed by atoms with van der Waals surface area (Å²) in [6.45, 7) is 23.3. The lowest BCUT2D eigenvalue weighted by Crippen LogP contribution is -2.47. The molecule has 0 aliphatic carbocycles. The highest BCUT2D eigenvalue weighted by Gasteiger charge is 2.42. The van der Waals surface area contributed by atoms with Gasteiger partial charge in [0.1, 0.15) is 12.0 Å². The van der Waals surface area contributed by atoms with Crippen molar-refractivity contribution in [1.29, 1.82) is 0 Å². The number of rotatable bonds is 12. The van der Waals surface area contributed by atoms with Crippen LogP contribution in [0.25, 0.3) is 0 Å². The summed E-state index contributed by atoms with van der Waals surface area (Å²) in [4.78, 5) is 36.4. The maximum Gasteiger partial charge on any atom is 0.256 e. The maximum atomic E-state index is 13.7. The van der Waals surface area contributed by atoms with Gasteiger partial charge in [-0.3, -0.25) is 19.5 Å². The van der Waals surface area contributed by atoms with E-state index < -0.39 is 6.23 Å². The molecule has 3 aliphatic heterocycles. The van der Waals surface area contributed by atoms with Crippen LogP contribution < -0.4 is 9.64 Å². The minimum Gasteiger partial charge on any atom is -0.493 e. The fraction of sp³-hybridized carbons (Fsp3) is 0.537. The van der Waals surface area contributed by atoms with Gasteiger partial charge >= 0.3 is 0 Å². The van der Waals surface area contributed by atoms with Crippen molar-refractivity contribution in [2.24, 2.45) is 15.8 Å². The van der Waals surface area contributed by atoms with Crippen molar-refractivity contribution in [2.45, 2.75) is 98.4 Å². The minimum atomic E-state index is -0.828. The smallest absolute Gasteiger partial charge is 0.256 e. The second-order valence-corrected chi connectivity index (χ2v) is 16.1. The lowest BCUT2D eigenvalue weighted by molar-refractivity contribution is 0.0527. The van der Waals surface area contributed by atoms with Crippen molar-refractivity contribution in [2.75, 3.05) is 38.7 Å². The van der Waals surface area contributed by atoms with Crippen LogP contribution >= 0.6 is 0 Å². The molecule has 0 aromatic heterocycles. The number of hydrogen-bond donors (Lipinski definition) is 1. The monoisotopic (exact) mass is 668 g/mol. The van der Waals surface area contributed by atoms with Gasteiger partial charge in [-0.15, -0.1) is 0 Å². The van der Waals surface area contributed by atoms with Gasteiger partial charge in [0.2, 0.25) is 0 Å². The molecule has 2 saturated heterocycles. The molecule has 3 unspecified atom stereocenters. The number of anilines is 1.